The molecule has 0 fully saturated rings. The number of aliphatic imine (C=N–C) groups is 1. The first-order valence-corrected chi connectivity index (χ1v) is 6.95. The van der Waals surface area contributed by atoms with Crippen LogP contribution in [0.25, 0.3) is 0 Å². The Balaban J connectivity index is 1.99. The van der Waals surface area contributed by atoms with Crippen molar-refractivity contribution in [2.45, 2.75) is 13.3 Å². The lowest BCUT2D eigenvalue weighted by molar-refractivity contribution is 0.0921. The first-order chi connectivity index (χ1) is 9.81. The van der Waals surface area contributed by atoms with Gasteiger partial charge in [0.1, 0.15) is 0 Å². The Hall–Kier alpha value is -2.22. The molecule has 2 heteroatoms. The molecule has 20 heavy (non-hydrogen) atoms. The largest absolute Gasteiger partial charge is 0.294 e. The van der Waals surface area contributed by atoms with Crippen LogP contribution in [-0.4, -0.2) is 18.5 Å². The number of ketones is 1. The van der Waals surface area contributed by atoms with E-state index in [9.17, 15) is 4.79 Å². The van der Waals surface area contributed by atoms with Gasteiger partial charge in [-0.15, -0.1) is 0 Å². The number of benzene rings is 2. The summed E-state index contributed by atoms with van der Waals surface area (Å²) in [6, 6.07) is 19.4. The van der Waals surface area contributed by atoms with Crippen LogP contribution in [0, 0.1) is 5.92 Å². The first kappa shape index (κ1) is 14.2. The Morgan fingerprint density at radius 3 is 2.25 bits per heavy atom. The Labute approximate surface area is 120 Å². The maximum absolute atomic E-state index is 12.3. The lowest BCUT2D eigenvalue weighted by Gasteiger charge is -2.10. The molecule has 0 saturated carbocycles. The predicted octanol–water partition coefficient (Wildman–Crippen LogP) is 4.01. The zero-order valence-corrected chi connectivity index (χ0v) is 11.7. The third-order valence-corrected chi connectivity index (χ3v) is 3.29. The molecule has 0 heterocycles. The van der Waals surface area contributed by atoms with Gasteiger partial charge in [-0.2, -0.15) is 0 Å². The summed E-state index contributed by atoms with van der Waals surface area (Å²) in [6.45, 7) is 2.57. The summed E-state index contributed by atoms with van der Waals surface area (Å²) >= 11 is 0. The van der Waals surface area contributed by atoms with Crippen LogP contribution >= 0.6 is 0 Å². The number of rotatable bonds is 6. The van der Waals surface area contributed by atoms with E-state index in [2.05, 4.69) is 4.99 Å². The Morgan fingerprint density at radius 2 is 1.65 bits per heavy atom. The zero-order chi connectivity index (χ0) is 14.2. The third-order valence-electron chi connectivity index (χ3n) is 3.29. The van der Waals surface area contributed by atoms with Gasteiger partial charge in [-0.25, -0.2) is 0 Å². The van der Waals surface area contributed by atoms with Crippen molar-refractivity contribution < 1.29 is 4.79 Å². The van der Waals surface area contributed by atoms with Gasteiger partial charge in [-0.1, -0.05) is 67.6 Å². The van der Waals surface area contributed by atoms with E-state index in [1.807, 2.05) is 73.8 Å². The van der Waals surface area contributed by atoms with Crippen molar-refractivity contribution in [1.29, 1.82) is 0 Å². The fourth-order valence-electron chi connectivity index (χ4n) is 2.06. The van der Waals surface area contributed by atoms with Crippen LogP contribution in [0.15, 0.2) is 65.7 Å². The summed E-state index contributed by atoms with van der Waals surface area (Å²) in [5, 5.41) is 0. The fourth-order valence-corrected chi connectivity index (χ4v) is 2.06. The Bertz CT molecular complexity index is 560. The van der Waals surface area contributed by atoms with Gasteiger partial charge in [0.05, 0.1) is 0 Å². The summed E-state index contributed by atoms with van der Waals surface area (Å²) in [7, 11) is 0. The van der Waals surface area contributed by atoms with Gasteiger partial charge in [0.15, 0.2) is 5.78 Å². The van der Waals surface area contributed by atoms with E-state index in [-0.39, 0.29) is 11.7 Å². The van der Waals surface area contributed by atoms with Crippen LogP contribution in [-0.2, 0) is 0 Å². The molecule has 0 saturated heterocycles. The van der Waals surface area contributed by atoms with E-state index in [1.54, 1.807) is 0 Å². The fraction of sp³-hybridized carbons (Fsp3) is 0.222. The summed E-state index contributed by atoms with van der Waals surface area (Å²) in [4.78, 5) is 16.8. The molecule has 0 aromatic heterocycles. The molecule has 2 rings (SSSR count). The molecule has 0 bridgehead atoms. The van der Waals surface area contributed by atoms with Gasteiger partial charge in [-0.05, 0) is 12.0 Å². The van der Waals surface area contributed by atoms with E-state index in [4.69, 9.17) is 0 Å². The van der Waals surface area contributed by atoms with Crippen molar-refractivity contribution in [2.75, 3.05) is 6.54 Å². The summed E-state index contributed by atoms with van der Waals surface area (Å²) in [6.07, 6.45) is 2.64. The maximum atomic E-state index is 12.3. The van der Waals surface area contributed by atoms with Crippen LogP contribution in [0.1, 0.15) is 29.3 Å². The highest BCUT2D eigenvalue weighted by Crippen LogP contribution is 2.13. The van der Waals surface area contributed by atoms with E-state index in [0.717, 1.165) is 17.5 Å². The molecule has 0 spiro atoms. The first-order valence-electron chi connectivity index (χ1n) is 6.95. The molecule has 0 aliphatic heterocycles. The lowest BCUT2D eigenvalue weighted by Crippen LogP contribution is -2.17. The minimum atomic E-state index is -0.0441. The second kappa shape index (κ2) is 7.39. The number of hydrogen-bond acceptors (Lipinski definition) is 2. The number of hydrogen-bond donors (Lipinski definition) is 0. The van der Waals surface area contributed by atoms with Crippen LogP contribution in [0.5, 0.6) is 0 Å². The molecule has 2 aromatic carbocycles. The molecular formula is C18H19NO. The average molecular weight is 265 g/mol. The second-order valence-corrected chi connectivity index (χ2v) is 4.74. The highest BCUT2D eigenvalue weighted by atomic mass is 16.1. The summed E-state index contributed by atoms with van der Waals surface area (Å²) < 4.78 is 0. The molecule has 1 atom stereocenters. The molecular weight excluding hydrogens is 246 g/mol. The normalized spacial score (nSPS) is 12.4. The van der Waals surface area contributed by atoms with E-state index < -0.39 is 0 Å². The number of nitrogens with zero attached hydrogens (tertiary/aromatic N) is 1. The van der Waals surface area contributed by atoms with Crippen LogP contribution in [0.3, 0.4) is 0 Å². The minimum Gasteiger partial charge on any atom is -0.294 e. The van der Waals surface area contributed by atoms with Gasteiger partial charge in [-0.3, -0.25) is 9.79 Å². The monoisotopic (exact) mass is 265 g/mol. The molecule has 0 amide bonds. The molecule has 0 radical (unpaired) electrons. The number of carbonyl (C=O) groups is 1. The average Bonchev–Trinajstić information content (AvgIpc) is 2.53. The van der Waals surface area contributed by atoms with E-state index in [1.165, 1.54) is 0 Å². The third kappa shape index (κ3) is 3.89. The molecule has 2 nitrogen and oxygen atoms in total. The van der Waals surface area contributed by atoms with Gasteiger partial charge >= 0.3 is 0 Å². The topological polar surface area (TPSA) is 29.4 Å². The van der Waals surface area contributed by atoms with Crippen LogP contribution in [0.2, 0.25) is 0 Å². The van der Waals surface area contributed by atoms with Gasteiger partial charge in [0, 0.05) is 24.2 Å². The SMILES string of the molecule is CCC(CN=Cc1ccccc1)C(=O)c1ccccc1. The minimum absolute atomic E-state index is 0.0441. The standard InChI is InChI=1S/C18H19NO/c1-2-16(18(20)17-11-7-4-8-12-17)14-19-13-15-9-5-3-6-10-15/h3-13,16H,2,14H2,1H3. The maximum Gasteiger partial charge on any atom is 0.167 e. The molecule has 0 aliphatic carbocycles. The van der Waals surface area contributed by atoms with Gasteiger partial charge in [0.25, 0.3) is 0 Å². The second-order valence-electron chi connectivity index (χ2n) is 4.74. The number of Topliss-reactive ketones (excluding diaryl/α,β-unsaturated/α-hetero) is 1. The highest BCUT2D eigenvalue weighted by molar-refractivity contribution is 5.98. The molecule has 0 N–H and O–H groups in total. The van der Waals surface area contributed by atoms with E-state index >= 15 is 0 Å². The highest BCUT2D eigenvalue weighted by Gasteiger charge is 2.17. The molecule has 2 aromatic rings. The Kier molecular flexibility index (Phi) is 5.24. The summed E-state index contributed by atoms with van der Waals surface area (Å²) in [5.41, 5.74) is 1.84. The zero-order valence-electron chi connectivity index (χ0n) is 11.7. The summed E-state index contributed by atoms with van der Waals surface area (Å²) in [5.74, 6) is 0.135. The van der Waals surface area contributed by atoms with Crippen molar-refractivity contribution in [2.24, 2.45) is 10.9 Å². The van der Waals surface area contributed by atoms with Crippen LogP contribution in [0.4, 0.5) is 0 Å². The quantitative estimate of drug-likeness (QED) is 0.573. The van der Waals surface area contributed by atoms with Crippen molar-refractivity contribution in [3.63, 3.8) is 0 Å². The van der Waals surface area contributed by atoms with Crippen molar-refractivity contribution in [1.82, 2.24) is 0 Å². The Morgan fingerprint density at radius 1 is 1.05 bits per heavy atom. The van der Waals surface area contributed by atoms with Crippen molar-refractivity contribution in [3.05, 3.63) is 71.8 Å². The van der Waals surface area contributed by atoms with Gasteiger partial charge in [0.2, 0.25) is 0 Å². The molecule has 1 unspecified atom stereocenters. The predicted molar refractivity (Wildman–Crippen MR) is 83.5 cm³/mol. The van der Waals surface area contributed by atoms with Crippen molar-refractivity contribution >= 4 is 12.0 Å². The molecule has 102 valence electrons. The molecule has 0 aliphatic rings. The van der Waals surface area contributed by atoms with Gasteiger partial charge < -0.3 is 0 Å². The lowest BCUT2D eigenvalue weighted by atomic mass is 9.95. The number of carbonyl (C=O) groups excluding carboxylic acids is 1. The van der Waals surface area contributed by atoms with E-state index in [0.29, 0.717) is 6.54 Å². The smallest absolute Gasteiger partial charge is 0.167 e. The van der Waals surface area contributed by atoms with Crippen molar-refractivity contribution in [3.8, 4) is 0 Å². The van der Waals surface area contributed by atoms with Crippen LogP contribution < -0.4 is 0 Å².